The van der Waals surface area contributed by atoms with Gasteiger partial charge in [-0.05, 0) is 114 Å². The van der Waals surface area contributed by atoms with Crippen LogP contribution in [0, 0.1) is 0 Å². The van der Waals surface area contributed by atoms with Crippen molar-refractivity contribution in [2.75, 3.05) is 4.90 Å². The molecule has 0 aliphatic carbocycles. The lowest BCUT2D eigenvalue weighted by molar-refractivity contribution is 0.101. The van der Waals surface area contributed by atoms with E-state index in [1.807, 2.05) is 18.2 Å². The lowest BCUT2D eigenvalue weighted by Crippen LogP contribution is -2.31. The molecule has 0 aromatic heterocycles. The van der Waals surface area contributed by atoms with Crippen molar-refractivity contribution in [1.82, 2.24) is 0 Å². The molecular formula is C18H3Br7N2O. The molecule has 2 aliphatic rings. The van der Waals surface area contributed by atoms with E-state index in [-0.39, 0.29) is 5.91 Å². The molecule has 3 aromatic rings. The highest BCUT2D eigenvalue weighted by Crippen LogP contribution is 2.52. The van der Waals surface area contributed by atoms with E-state index in [0.717, 1.165) is 54.5 Å². The molecule has 0 bridgehead atoms. The molecule has 140 valence electrons. The van der Waals surface area contributed by atoms with E-state index in [9.17, 15) is 4.79 Å². The predicted molar refractivity (Wildman–Crippen MR) is 137 cm³/mol. The van der Waals surface area contributed by atoms with Gasteiger partial charge in [0.05, 0.1) is 16.9 Å². The summed E-state index contributed by atoms with van der Waals surface area (Å²) in [4.78, 5) is 20.1. The van der Waals surface area contributed by atoms with Gasteiger partial charge in [-0.2, -0.15) is 0 Å². The summed E-state index contributed by atoms with van der Waals surface area (Å²) in [6, 6.07) is 5.94. The van der Waals surface area contributed by atoms with Crippen LogP contribution in [0.4, 0.5) is 11.4 Å². The fraction of sp³-hybridized carbons (Fsp3) is 0. The molecule has 0 saturated heterocycles. The fourth-order valence-corrected chi connectivity index (χ4v) is 7.26. The van der Waals surface area contributed by atoms with Crippen molar-refractivity contribution in [3.8, 4) is 0 Å². The van der Waals surface area contributed by atoms with Crippen molar-refractivity contribution in [2.45, 2.75) is 0 Å². The van der Waals surface area contributed by atoms with Crippen molar-refractivity contribution in [3.05, 3.63) is 60.6 Å². The highest BCUT2D eigenvalue weighted by Gasteiger charge is 2.43. The molecule has 0 atom stereocenters. The summed E-state index contributed by atoms with van der Waals surface area (Å²) in [6.07, 6.45) is 0. The first kappa shape index (κ1) is 20.3. The van der Waals surface area contributed by atoms with Crippen LogP contribution in [0.1, 0.15) is 15.9 Å². The zero-order valence-corrected chi connectivity index (χ0v) is 24.3. The van der Waals surface area contributed by atoms with Crippen molar-refractivity contribution in [2.24, 2.45) is 4.99 Å². The minimum atomic E-state index is -0.126. The third-order valence-corrected chi connectivity index (χ3v) is 11.9. The summed E-state index contributed by atoms with van der Waals surface area (Å²) >= 11 is 25.2. The Morgan fingerprint density at radius 3 is 2.07 bits per heavy atom. The van der Waals surface area contributed by atoms with Crippen LogP contribution in [-0.4, -0.2) is 11.7 Å². The molecule has 0 radical (unpaired) electrons. The molecule has 0 spiro atoms. The molecule has 1 amide bonds. The topological polar surface area (TPSA) is 32.7 Å². The third kappa shape index (κ3) is 2.64. The Balaban J connectivity index is 1.95. The number of rotatable bonds is 0. The van der Waals surface area contributed by atoms with Crippen LogP contribution < -0.4 is 4.90 Å². The van der Waals surface area contributed by atoms with Crippen LogP contribution in [-0.2, 0) is 0 Å². The van der Waals surface area contributed by atoms with E-state index in [1.54, 1.807) is 4.90 Å². The Morgan fingerprint density at radius 2 is 1.39 bits per heavy atom. The van der Waals surface area contributed by atoms with Gasteiger partial charge in [0, 0.05) is 47.6 Å². The number of nitrogens with zero attached hydrogens (tertiary/aromatic N) is 2. The summed E-state index contributed by atoms with van der Waals surface area (Å²) in [6.45, 7) is 0. The number of fused-ring (bicyclic) bond motifs is 4. The van der Waals surface area contributed by atoms with Crippen LogP contribution in [0.3, 0.4) is 0 Å². The second-order valence-corrected chi connectivity index (χ2v) is 11.9. The van der Waals surface area contributed by atoms with Gasteiger partial charge in [-0.3, -0.25) is 9.69 Å². The maximum atomic E-state index is 13.5. The Hall–Kier alpha value is 0.420. The lowest BCUT2D eigenvalue weighted by Gasteiger charge is -2.25. The number of halogens is 7. The molecule has 0 N–H and O–H groups in total. The largest absolute Gasteiger partial charge is 0.268 e. The molecule has 28 heavy (non-hydrogen) atoms. The number of anilines is 1. The van der Waals surface area contributed by atoms with Gasteiger partial charge in [0.1, 0.15) is 5.84 Å². The highest BCUT2D eigenvalue weighted by atomic mass is 79.9. The number of amidine groups is 1. The highest BCUT2D eigenvalue weighted by molar-refractivity contribution is 9.15. The smallest absolute Gasteiger partial charge is 0.266 e. The van der Waals surface area contributed by atoms with Crippen LogP contribution in [0.15, 0.2) is 54.5 Å². The van der Waals surface area contributed by atoms with E-state index in [4.69, 9.17) is 4.99 Å². The van der Waals surface area contributed by atoms with Crippen LogP contribution in [0.5, 0.6) is 0 Å². The van der Waals surface area contributed by atoms with Crippen molar-refractivity contribution in [3.63, 3.8) is 0 Å². The van der Waals surface area contributed by atoms with Crippen LogP contribution >= 0.6 is 112 Å². The van der Waals surface area contributed by atoms with Gasteiger partial charge in [0.25, 0.3) is 5.91 Å². The van der Waals surface area contributed by atoms with E-state index in [1.165, 1.54) is 0 Å². The summed E-state index contributed by atoms with van der Waals surface area (Å²) in [5, 5.41) is 1.90. The number of carbonyl (C=O) groups is 1. The fourth-order valence-electron chi connectivity index (χ4n) is 3.49. The Bertz CT molecular complexity index is 1320. The molecule has 0 saturated carbocycles. The molecule has 3 nitrogen and oxygen atoms in total. The Morgan fingerprint density at radius 1 is 0.750 bits per heavy atom. The predicted octanol–water partition coefficient (Wildman–Crippen LogP) is 9.23. The monoisotopic (exact) mass is 815 g/mol. The standard InChI is InChI=1S/C18H3Br7N2O/c19-4-1-5-9-7(3-6(20)12(5)21)26-17-10-11(18(28)27(17)8(9)2-4)14(23)16(25)15(24)13(10)22/h1-3H. The van der Waals surface area contributed by atoms with E-state index < -0.39 is 0 Å². The average molecular weight is 823 g/mol. The maximum Gasteiger partial charge on any atom is 0.266 e. The zero-order chi connectivity index (χ0) is 20.1. The molecule has 2 aliphatic heterocycles. The van der Waals surface area contributed by atoms with E-state index >= 15 is 0 Å². The van der Waals surface area contributed by atoms with Crippen LogP contribution in [0.2, 0.25) is 0 Å². The van der Waals surface area contributed by atoms with Crippen molar-refractivity contribution in [1.29, 1.82) is 0 Å². The van der Waals surface area contributed by atoms with Gasteiger partial charge in [0.15, 0.2) is 0 Å². The van der Waals surface area contributed by atoms with Gasteiger partial charge in [-0.1, -0.05) is 15.9 Å². The molecule has 5 rings (SSSR count). The Labute approximate surface area is 218 Å². The van der Waals surface area contributed by atoms with Gasteiger partial charge < -0.3 is 0 Å². The number of benzene rings is 3. The van der Waals surface area contributed by atoms with Crippen LogP contribution in [0.25, 0.3) is 10.8 Å². The molecule has 0 fully saturated rings. The summed E-state index contributed by atoms with van der Waals surface area (Å²) < 4.78 is 5.76. The molecular weight excluding hydrogens is 820 g/mol. The number of hydrogen-bond acceptors (Lipinski definition) is 2. The van der Waals surface area contributed by atoms with Gasteiger partial charge in [0.2, 0.25) is 0 Å². The molecule has 0 unspecified atom stereocenters. The number of amides is 1. The first-order valence-corrected chi connectivity index (χ1v) is 13.2. The minimum Gasteiger partial charge on any atom is -0.268 e. The van der Waals surface area contributed by atoms with Crippen molar-refractivity contribution < 1.29 is 4.79 Å². The zero-order valence-electron chi connectivity index (χ0n) is 13.2. The average Bonchev–Trinajstić information content (AvgIpc) is 2.94. The third-order valence-electron chi connectivity index (χ3n) is 4.63. The van der Waals surface area contributed by atoms with Gasteiger partial charge >= 0.3 is 0 Å². The second-order valence-electron chi connectivity index (χ2n) is 6.12. The number of hydrogen-bond donors (Lipinski definition) is 0. The Kier molecular flexibility index (Phi) is 5.06. The first-order valence-electron chi connectivity index (χ1n) is 7.63. The van der Waals surface area contributed by atoms with E-state index in [0.29, 0.717) is 15.9 Å². The second kappa shape index (κ2) is 6.97. The van der Waals surface area contributed by atoms with Gasteiger partial charge in [-0.25, -0.2) is 4.99 Å². The normalized spacial score (nSPS) is 14.5. The SMILES string of the molecule is O=C1c2c(Br)c(Br)c(Br)c(Br)c2C2=Nc3cc(Br)c(Br)c4cc(Br)cc(c34)N12. The summed E-state index contributed by atoms with van der Waals surface area (Å²) in [7, 11) is 0. The number of aliphatic imine (C=N–C) groups is 1. The number of carbonyl (C=O) groups excluding carboxylic acids is 1. The summed E-state index contributed by atoms with van der Waals surface area (Å²) in [5.74, 6) is 0.473. The quantitative estimate of drug-likeness (QED) is 0.165. The van der Waals surface area contributed by atoms with Crippen molar-refractivity contribution >= 4 is 145 Å². The summed E-state index contributed by atoms with van der Waals surface area (Å²) in [5.41, 5.74) is 2.93. The maximum absolute atomic E-state index is 13.5. The molecule has 3 aromatic carbocycles. The molecule has 2 heterocycles. The first-order chi connectivity index (χ1) is 13.2. The van der Waals surface area contributed by atoms with Gasteiger partial charge in [-0.15, -0.1) is 0 Å². The minimum absolute atomic E-state index is 0.126. The lowest BCUT2D eigenvalue weighted by atomic mass is 10.0. The van der Waals surface area contributed by atoms with E-state index in [2.05, 4.69) is 112 Å². The molecule has 10 heteroatoms.